The zero-order chi connectivity index (χ0) is 17.7. The van der Waals surface area contributed by atoms with E-state index < -0.39 is 21.7 Å². The molecular weight excluding hydrogens is 352 g/mol. The van der Waals surface area contributed by atoms with Crippen molar-refractivity contribution in [2.45, 2.75) is 18.2 Å². The molecule has 9 heteroatoms. The summed E-state index contributed by atoms with van der Waals surface area (Å²) in [7, 11) is -2.26. The number of anilines is 1. The van der Waals surface area contributed by atoms with Gasteiger partial charge in [0.15, 0.2) is 15.0 Å². The van der Waals surface area contributed by atoms with Gasteiger partial charge in [-0.1, -0.05) is 29.5 Å². The number of hydrogen-bond donors (Lipinski definition) is 1. The largest absolute Gasteiger partial charge is 0.465 e. The molecule has 128 valence electrons. The summed E-state index contributed by atoms with van der Waals surface area (Å²) in [6.45, 7) is 1.62. The summed E-state index contributed by atoms with van der Waals surface area (Å²) < 4.78 is 28.9. The van der Waals surface area contributed by atoms with Crippen molar-refractivity contribution >= 4 is 38.2 Å². The Labute approximate surface area is 143 Å². The molecule has 2 rings (SSSR count). The summed E-state index contributed by atoms with van der Waals surface area (Å²) in [5.41, 5.74) is 0.444. The Balaban J connectivity index is 1.98. The first-order valence-electron chi connectivity index (χ1n) is 6.97. The van der Waals surface area contributed by atoms with Gasteiger partial charge in [0.2, 0.25) is 5.91 Å². The molecular formula is C15H16N2O5S2. The zero-order valence-corrected chi connectivity index (χ0v) is 14.7. The number of carbonyl (C=O) groups is 2. The SMILES string of the molecule is COC(=O)c1sc(NC(=O)CCS(=O)(=O)c2ccccc2)nc1C. The highest BCUT2D eigenvalue weighted by Crippen LogP contribution is 2.23. The van der Waals surface area contributed by atoms with Gasteiger partial charge in [-0.3, -0.25) is 4.79 Å². The average Bonchev–Trinajstić information content (AvgIpc) is 2.93. The van der Waals surface area contributed by atoms with E-state index in [4.69, 9.17) is 0 Å². The Morgan fingerprint density at radius 2 is 1.92 bits per heavy atom. The molecule has 0 unspecified atom stereocenters. The number of rotatable bonds is 6. The third-order valence-corrected chi connectivity index (χ3v) is 5.90. The van der Waals surface area contributed by atoms with Crippen molar-refractivity contribution in [2.24, 2.45) is 0 Å². The van der Waals surface area contributed by atoms with Crippen LogP contribution in [0.5, 0.6) is 0 Å². The molecule has 0 atom stereocenters. The van der Waals surface area contributed by atoms with Crippen LogP contribution in [0.1, 0.15) is 21.8 Å². The number of carbonyl (C=O) groups excluding carboxylic acids is 2. The van der Waals surface area contributed by atoms with Crippen molar-refractivity contribution in [1.82, 2.24) is 4.98 Å². The lowest BCUT2D eigenvalue weighted by atomic mass is 10.4. The molecule has 0 saturated heterocycles. The van der Waals surface area contributed by atoms with Gasteiger partial charge >= 0.3 is 5.97 Å². The van der Waals surface area contributed by atoms with Gasteiger partial charge in [0.25, 0.3) is 0 Å². The predicted octanol–water partition coefficient (Wildman–Crippen LogP) is 2.04. The molecule has 1 aromatic carbocycles. The Hall–Kier alpha value is -2.26. The van der Waals surface area contributed by atoms with E-state index in [-0.39, 0.29) is 22.2 Å². The number of aryl methyl sites for hydroxylation is 1. The number of nitrogens with zero attached hydrogens (tertiary/aromatic N) is 1. The van der Waals surface area contributed by atoms with Crippen LogP contribution in [-0.2, 0) is 19.4 Å². The molecule has 7 nitrogen and oxygen atoms in total. The Bertz CT molecular complexity index is 844. The van der Waals surface area contributed by atoms with Crippen LogP contribution in [0.2, 0.25) is 0 Å². The summed E-state index contributed by atoms with van der Waals surface area (Å²) in [4.78, 5) is 28.0. The first-order chi connectivity index (χ1) is 11.3. The highest BCUT2D eigenvalue weighted by Gasteiger charge is 2.19. The van der Waals surface area contributed by atoms with Crippen LogP contribution in [0.15, 0.2) is 35.2 Å². The predicted molar refractivity (Wildman–Crippen MR) is 89.9 cm³/mol. The second-order valence-corrected chi connectivity index (χ2v) is 7.96. The average molecular weight is 368 g/mol. The molecule has 0 aliphatic rings. The van der Waals surface area contributed by atoms with Crippen LogP contribution < -0.4 is 5.32 Å². The highest BCUT2D eigenvalue weighted by atomic mass is 32.2. The molecule has 0 saturated carbocycles. The van der Waals surface area contributed by atoms with Crippen LogP contribution in [0.3, 0.4) is 0 Å². The molecule has 1 aromatic heterocycles. The number of ether oxygens (including phenoxy) is 1. The smallest absolute Gasteiger partial charge is 0.350 e. The fraction of sp³-hybridized carbons (Fsp3) is 0.267. The lowest BCUT2D eigenvalue weighted by molar-refractivity contribution is -0.115. The number of amides is 1. The minimum Gasteiger partial charge on any atom is -0.465 e. The normalized spacial score (nSPS) is 11.1. The topological polar surface area (TPSA) is 102 Å². The number of methoxy groups -OCH3 is 1. The number of aromatic nitrogens is 1. The van der Waals surface area contributed by atoms with Crippen LogP contribution >= 0.6 is 11.3 Å². The molecule has 24 heavy (non-hydrogen) atoms. The molecule has 0 aliphatic carbocycles. The molecule has 0 bridgehead atoms. The lowest BCUT2D eigenvalue weighted by Gasteiger charge is -2.04. The van der Waals surface area contributed by atoms with Gasteiger partial charge in [0.1, 0.15) is 4.88 Å². The summed E-state index contributed by atoms with van der Waals surface area (Å²) in [5, 5.41) is 2.73. The maximum absolute atomic E-state index is 12.1. The van der Waals surface area contributed by atoms with E-state index in [2.05, 4.69) is 15.0 Å². The number of hydrogen-bond acceptors (Lipinski definition) is 7. The van der Waals surface area contributed by atoms with Gasteiger partial charge in [0, 0.05) is 6.42 Å². The molecule has 1 heterocycles. The maximum Gasteiger partial charge on any atom is 0.350 e. The molecule has 1 amide bonds. The van der Waals surface area contributed by atoms with E-state index in [1.165, 1.54) is 19.2 Å². The number of thiazole rings is 1. The molecule has 1 N–H and O–H groups in total. The quantitative estimate of drug-likeness (QED) is 0.783. The number of esters is 1. The lowest BCUT2D eigenvalue weighted by Crippen LogP contribution is -2.17. The van der Waals surface area contributed by atoms with E-state index in [1.807, 2.05) is 0 Å². The molecule has 2 aromatic rings. The van der Waals surface area contributed by atoms with Crippen LogP contribution in [0.25, 0.3) is 0 Å². The Kier molecular flexibility index (Phi) is 5.68. The summed E-state index contributed by atoms with van der Waals surface area (Å²) in [6, 6.07) is 7.94. The molecule has 0 fully saturated rings. The van der Waals surface area contributed by atoms with Crippen molar-refractivity contribution in [2.75, 3.05) is 18.2 Å². The van der Waals surface area contributed by atoms with Gasteiger partial charge in [-0.2, -0.15) is 0 Å². The van der Waals surface area contributed by atoms with E-state index in [9.17, 15) is 18.0 Å². The van der Waals surface area contributed by atoms with Gasteiger partial charge in [-0.25, -0.2) is 18.2 Å². The number of nitrogens with one attached hydrogen (secondary N) is 1. The van der Waals surface area contributed by atoms with E-state index in [0.29, 0.717) is 10.6 Å². The van der Waals surface area contributed by atoms with E-state index in [1.54, 1.807) is 25.1 Å². The van der Waals surface area contributed by atoms with Crippen molar-refractivity contribution < 1.29 is 22.7 Å². The number of benzene rings is 1. The summed E-state index contributed by atoms with van der Waals surface area (Å²) in [5.74, 6) is -1.33. The second kappa shape index (κ2) is 7.54. The van der Waals surface area contributed by atoms with Gasteiger partial charge in [-0.05, 0) is 19.1 Å². The van der Waals surface area contributed by atoms with Crippen LogP contribution in [0.4, 0.5) is 5.13 Å². The van der Waals surface area contributed by atoms with Crippen LogP contribution in [0, 0.1) is 6.92 Å². The van der Waals surface area contributed by atoms with Crippen molar-refractivity contribution in [3.8, 4) is 0 Å². The van der Waals surface area contributed by atoms with Gasteiger partial charge in [-0.15, -0.1) is 0 Å². The van der Waals surface area contributed by atoms with Crippen molar-refractivity contribution in [3.63, 3.8) is 0 Å². The molecule has 0 radical (unpaired) electrons. The van der Waals surface area contributed by atoms with Crippen molar-refractivity contribution in [3.05, 3.63) is 40.9 Å². The highest BCUT2D eigenvalue weighted by molar-refractivity contribution is 7.91. The monoisotopic (exact) mass is 368 g/mol. The van der Waals surface area contributed by atoms with Gasteiger partial charge in [0.05, 0.1) is 23.5 Å². The third-order valence-electron chi connectivity index (χ3n) is 3.11. The molecule has 0 aliphatic heterocycles. The Morgan fingerprint density at radius 1 is 1.25 bits per heavy atom. The minimum absolute atomic E-state index is 0.177. The van der Waals surface area contributed by atoms with Crippen molar-refractivity contribution in [1.29, 1.82) is 0 Å². The minimum atomic E-state index is -3.52. The summed E-state index contributed by atoms with van der Waals surface area (Å²) in [6.07, 6.45) is -0.205. The van der Waals surface area contributed by atoms with E-state index in [0.717, 1.165) is 11.3 Å². The fourth-order valence-electron chi connectivity index (χ4n) is 1.89. The zero-order valence-electron chi connectivity index (χ0n) is 13.1. The van der Waals surface area contributed by atoms with Crippen LogP contribution in [-0.4, -0.2) is 38.1 Å². The Morgan fingerprint density at radius 3 is 2.54 bits per heavy atom. The summed E-state index contributed by atoms with van der Waals surface area (Å²) >= 11 is 0.983. The number of sulfone groups is 1. The third kappa shape index (κ3) is 4.39. The first-order valence-corrected chi connectivity index (χ1v) is 9.44. The standard InChI is InChI=1S/C15H16N2O5S2/c1-10-13(14(19)22-2)23-15(16-10)17-12(18)8-9-24(20,21)11-6-4-3-5-7-11/h3-7H,8-9H2,1-2H3,(H,16,17,18). The molecule has 0 spiro atoms. The van der Waals surface area contributed by atoms with E-state index >= 15 is 0 Å². The second-order valence-electron chi connectivity index (χ2n) is 4.86. The maximum atomic E-state index is 12.1. The fourth-order valence-corrected chi connectivity index (χ4v) is 4.05. The first kappa shape index (κ1) is 18.1. The van der Waals surface area contributed by atoms with Gasteiger partial charge < -0.3 is 10.1 Å².